The fraction of sp³-hybridized carbons (Fsp3) is 0. The first-order chi connectivity index (χ1) is 7.91. The van der Waals surface area contributed by atoms with Gasteiger partial charge in [-0.2, -0.15) is 15.0 Å². The van der Waals surface area contributed by atoms with Gasteiger partial charge in [-0.05, 0) is 0 Å². The fourth-order valence-electron chi connectivity index (χ4n) is 0.427. The van der Waals surface area contributed by atoms with E-state index in [2.05, 4.69) is 26.4 Å². The molecule has 17 heavy (non-hydrogen) atoms. The number of urea groups is 1. The fourth-order valence-corrected chi connectivity index (χ4v) is 0.427. The number of hydrogen-bond donors (Lipinski definition) is 5. The summed E-state index contributed by atoms with van der Waals surface area (Å²) in [5.74, 6) is 0.125. The van der Waals surface area contributed by atoms with Gasteiger partial charge in [-0.3, -0.25) is 0 Å². The van der Waals surface area contributed by atoms with Crippen LogP contribution in [0.5, 0.6) is 0 Å². The zero-order valence-electron chi connectivity index (χ0n) is 8.87. The average molecular weight is 246 g/mol. The van der Waals surface area contributed by atoms with E-state index in [0.29, 0.717) is 0 Å². The maximum atomic E-state index is 9.00. The van der Waals surface area contributed by atoms with Gasteiger partial charge in [0.15, 0.2) is 0 Å². The van der Waals surface area contributed by atoms with E-state index in [-0.39, 0.29) is 17.8 Å². The van der Waals surface area contributed by atoms with E-state index in [4.69, 9.17) is 31.6 Å². The number of nitrogen functional groups attached to an aromatic ring is 3. The molecule has 10 N–H and O–H groups in total. The minimum atomic E-state index is -0.833. The Hall–Kier alpha value is -2.98. The number of carbonyl (C=O) groups excluding carboxylic acids is 3. The largest absolute Gasteiger partial charge is 0.368 e. The van der Waals surface area contributed by atoms with Gasteiger partial charge in [-0.25, -0.2) is 4.79 Å². The molecule has 1 aromatic rings. The van der Waals surface area contributed by atoms with Gasteiger partial charge in [0, 0.05) is 0 Å². The zero-order valence-corrected chi connectivity index (χ0v) is 8.87. The lowest BCUT2D eigenvalue weighted by atomic mass is 10.9. The molecule has 0 aromatic carbocycles. The van der Waals surface area contributed by atoms with E-state index in [1.165, 1.54) is 0 Å². The minimum absolute atomic E-state index is 0.0417. The number of primary amides is 2. The zero-order chi connectivity index (χ0) is 14.4. The lowest BCUT2D eigenvalue weighted by Crippen LogP contribution is -2.18. The van der Waals surface area contributed by atoms with Crippen molar-refractivity contribution in [2.45, 2.75) is 0 Å². The molecule has 11 nitrogen and oxygen atoms in total. The normalized spacial score (nSPS) is 6.82. The lowest BCUT2D eigenvalue weighted by molar-refractivity contribution is -0.0987. The monoisotopic (exact) mass is 246 g/mol. The molecule has 0 radical (unpaired) electrons. The molecule has 96 valence electrons. The summed E-state index contributed by atoms with van der Waals surface area (Å²) in [5.41, 5.74) is 23.9. The summed E-state index contributed by atoms with van der Waals surface area (Å²) >= 11 is 0. The summed E-state index contributed by atoms with van der Waals surface area (Å²) in [7, 11) is 0. The van der Waals surface area contributed by atoms with Crippen LogP contribution in [0.2, 0.25) is 0 Å². The van der Waals surface area contributed by atoms with E-state index in [0.717, 1.165) is 0 Å². The first-order valence-electron chi connectivity index (χ1n) is 3.57. The predicted molar refractivity (Wildman–Crippen MR) is 61.1 cm³/mol. The number of carbonyl (C=O) groups is 3. The SMILES string of the molecule is C=O.C=O.NC(N)=O.Nc1nc(N)nc(N)n1. The van der Waals surface area contributed by atoms with Crippen molar-refractivity contribution in [1.29, 1.82) is 0 Å². The Morgan fingerprint density at radius 1 is 0.765 bits per heavy atom. The summed E-state index contributed by atoms with van der Waals surface area (Å²) in [6, 6.07) is -0.833. The number of aromatic nitrogens is 3. The second-order valence-corrected chi connectivity index (χ2v) is 1.81. The highest BCUT2D eigenvalue weighted by Crippen LogP contribution is 1.97. The highest BCUT2D eigenvalue weighted by atomic mass is 16.2. The third-order valence-electron chi connectivity index (χ3n) is 0.687. The van der Waals surface area contributed by atoms with Crippen molar-refractivity contribution in [3.8, 4) is 0 Å². The van der Waals surface area contributed by atoms with Gasteiger partial charge in [0.1, 0.15) is 13.6 Å². The molecule has 0 bridgehead atoms. The van der Waals surface area contributed by atoms with Gasteiger partial charge in [0.2, 0.25) is 17.8 Å². The maximum Gasteiger partial charge on any atom is 0.309 e. The summed E-state index contributed by atoms with van der Waals surface area (Å²) < 4.78 is 0. The Labute approximate surface area is 96.4 Å². The van der Waals surface area contributed by atoms with Crippen LogP contribution in [0, 0.1) is 0 Å². The van der Waals surface area contributed by atoms with Crippen molar-refractivity contribution >= 4 is 37.5 Å². The maximum absolute atomic E-state index is 9.00. The molecule has 0 aliphatic heterocycles. The third kappa shape index (κ3) is 19.4. The molecule has 0 unspecified atom stereocenters. The molecule has 1 aromatic heterocycles. The Bertz CT molecular complexity index is 277. The van der Waals surface area contributed by atoms with Gasteiger partial charge < -0.3 is 38.3 Å². The third-order valence-corrected chi connectivity index (χ3v) is 0.687. The van der Waals surface area contributed by atoms with Crippen LogP contribution in [-0.4, -0.2) is 34.6 Å². The highest BCUT2D eigenvalue weighted by Gasteiger charge is 1.93. The van der Waals surface area contributed by atoms with E-state index < -0.39 is 6.03 Å². The summed E-state index contributed by atoms with van der Waals surface area (Å²) in [4.78, 5) is 35.5. The van der Waals surface area contributed by atoms with Crippen molar-refractivity contribution < 1.29 is 14.4 Å². The van der Waals surface area contributed by atoms with Crippen molar-refractivity contribution in [2.24, 2.45) is 11.5 Å². The number of anilines is 3. The van der Waals surface area contributed by atoms with E-state index >= 15 is 0 Å². The van der Waals surface area contributed by atoms with Crippen LogP contribution >= 0.6 is 0 Å². The molecule has 1 heterocycles. The van der Waals surface area contributed by atoms with Crippen molar-refractivity contribution in [3.05, 3.63) is 0 Å². The first-order valence-corrected chi connectivity index (χ1v) is 3.57. The van der Waals surface area contributed by atoms with Gasteiger partial charge in [0.05, 0.1) is 0 Å². The van der Waals surface area contributed by atoms with Crippen LogP contribution in [0.3, 0.4) is 0 Å². The molecule has 0 aliphatic carbocycles. The lowest BCUT2D eigenvalue weighted by Gasteiger charge is -1.93. The molecule has 0 atom stereocenters. The Balaban J connectivity index is -0.000000208. The predicted octanol–water partition coefficient (Wildman–Crippen LogP) is -2.73. The molecule has 0 saturated carbocycles. The van der Waals surface area contributed by atoms with Crippen LogP contribution in [0.1, 0.15) is 0 Å². The van der Waals surface area contributed by atoms with Crippen LogP contribution in [-0.2, 0) is 9.59 Å². The first kappa shape index (κ1) is 19.6. The Morgan fingerprint density at radius 3 is 1.00 bits per heavy atom. The molecular formula is C6H14N8O3. The molecule has 1 rings (SSSR count). The molecule has 11 heteroatoms. The highest BCUT2D eigenvalue weighted by molar-refractivity contribution is 5.69. The second-order valence-electron chi connectivity index (χ2n) is 1.81. The Kier molecular flexibility index (Phi) is 15.0. The minimum Gasteiger partial charge on any atom is -0.368 e. The van der Waals surface area contributed by atoms with E-state index in [1.54, 1.807) is 0 Å². The number of hydrogen-bond acceptors (Lipinski definition) is 9. The number of nitrogens with two attached hydrogens (primary N) is 5. The number of amides is 2. The van der Waals surface area contributed by atoms with Gasteiger partial charge in [-0.1, -0.05) is 0 Å². The molecule has 0 fully saturated rings. The topological polar surface area (TPSA) is 220 Å². The van der Waals surface area contributed by atoms with Crippen molar-refractivity contribution in [3.63, 3.8) is 0 Å². The number of rotatable bonds is 0. The smallest absolute Gasteiger partial charge is 0.309 e. The van der Waals surface area contributed by atoms with Crippen molar-refractivity contribution in [1.82, 2.24) is 15.0 Å². The second kappa shape index (κ2) is 13.0. The molecule has 0 spiro atoms. The Morgan fingerprint density at radius 2 is 0.882 bits per heavy atom. The quantitative estimate of drug-likeness (QED) is 0.320. The van der Waals surface area contributed by atoms with Gasteiger partial charge >= 0.3 is 6.03 Å². The summed E-state index contributed by atoms with van der Waals surface area (Å²) in [6.07, 6.45) is 0. The van der Waals surface area contributed by atoms with Crippen LogP contribution in [0.25, 0.3) is 0 Å². The molecule has 0 aliphatic rings. The van der Waals surface area contributed by atoms with Crippen molar-refractivity contribution in [2.75, 3.05) is 17.2 Å². The summed E-state index contributed by atoms with van der Waals surface area (Å²) in [5, 5.41) is 0. The molecule has 2 amide bonds. The van der Waals surface area contributed by atoms with E-state index in [1.807, 2.05) is 13.6 Å². The van der Waals surface area contributed by atoms with Crippen LogP contribution < -0.4 is 28.7 Å². The molecular weight excluding hydrogens is 232 g/mol. The van der Waals surface area contributed by atoms with Gasteiger partial charge in [0.25, 0.3) is 0 Å². The summed E-state index contributed by atoms with van der Waals surface area (Å²) in [6.45, 7) is 4.00. The van der Waals surface area contributed by atoms with Gasteiger partial charge in [-0.15, -0.1) is 0 Å². The number of nitrogens with zero attached hydrogens (tertiary/aromatic N) is 3. The van der Waals surface area contributed by atoms with Crippen LogP contribution in [0.4, 0.5) is 22.6 Å². The van der Waals surface area contributed by atoms with E-state index in [9.17, 15) is 0 Å². The molecule has 0 saturated heterocycles. The average Bonchev–Trinajstić information content (AvgIpc) is 2.20. The standard InChI is InChI=1S/C3H6N6.CH4N2O.2CH2O/c4-1-7-2(5)9-3(6)8-1;2-1(3)4;2*1-2/h(H6,4,5,6,7,8,9);(H4,2,3,4);2*1H2. The van der Waals surface area contributed by atoms with Crippen LogP contribution in [0.15, 0.2) is 0 Å².